The van der Waals surface area contributed by atoms with Crippen LogP contribution in [0.1, 0.15) is 39.5 Å². The molecule has 0 saturated heterocycles. The molecule has 4 N–H and O–H groups in total. The number of fused-ring (bicyclic) bond motifs is 1. The fourth-order valence-corrected chi connectivity index (χ4v) is 3.06. The zero-order valence-corrected chi connectivity index (χ0v) is 14.5. The minimum absolute atomic E-state index is 0.103. The summed E-state index contributed by atoms with van der Waals surface area (Å²) in [6.07, 6.45) is 5.38. The third kappa shape index (κ3) is 4.68. The molecule has 0 bridgehead atoms. The summed E-state index contributed by atoms with van der Waals surface area (Å²) < 4.78 is 0. The van der Waals surface area contributed by atoms with E-state index in [4.69, 9.17) is 0 Å². The van der Waals surface area contributed by atoms with Crippen molar-refractivity contribution in [1.82, 2.24) is 25.6 Å². The van der Waals surface area contributed by atoms with Gasteiger partial charge < -0.3 is 20.9 Å². The van der Waals surface area contributed by atoms with Crippen molar-refractivity contribution < 1.29 is 4.79 Å². The molecule has 2 aromatic heterocycles. The molecular weight excluding hydrogens is 320 g/mol. The van der Waals surface area contributed by atoms with Crippen LogP contribution in [0.3, 0.4) is 0 Å². The molecule has 0 aliphatic heterocycles. The highest BCUT2D eigenvalue weighted by molar-refractivity contribution is 5.74. The van der Waals surface area contributed by atoms with Gasteiger partial charge in [-0.25, -0.2) is 9.78 Å². The molecule has 1 saturated carbocycles. The quantitative estimate of drug-likeness (QED) is 0.675. The number of nitrogens with one attached hydrogen (secondary N) is 4. The fourth-order valence-electron chi connectivity index (χ4n) is 3.06. The van der Waals surface area contributed by atoms with Crippen LogP contribution < -0.4 is 21.5 Å². The Kier molecular flexibility index (Phi) is 5.16. The number of pyridine rings is 1. The average Bonchev–Trinajstić information content (AvgIpc) is 2.55. The van der Waals surface area contributed by atoms with E-state index in [1.165, 1.54) is 6.07 Å². The molecule has 1 fully saturated rings. The Hall–Kier alpha value is -2.64. The number of amides is 2. The summed E-state index contributed by atoms with van der Waals surface area (Å²) in [5.74, 6) is 0.517. The second-order valence-electron chi connectivity index (χ2n) is 6.79. The monoisotopic (exact) mass is 344 g/mol. The zero-order chi connectivity index (χ0) is 17.8. The van der Waals surface area contributed by atoms with Crippen molar-refractivity contribution in [3.63, 3.8) is 0 Å². The summed E-state index contributed by atoms with van der Waals surface area (Å²) in [6.45, 7) is 3.88. The number of H-pyrrole nitrogens is 1. The summed E-state index contributed by atoms with van der Waals surface area (Å²) >= 11 is 0. The minimum Gasteiger partial charge on any atom is -0.351 e. The number of carbonyl (C=O) groups is 1. The Balaban J connectivity index is 1.53. The smallest absolute Gasteiger partial charge is 0.315 e. The summed E-state index contributed by atoms with van der Waals surface area (Å²) in [4.78, 5) is 34.5. The molecule has 1 aliphatic carbocycles. The van der Waals surface area contributed by atoms with Crippen LogP contribution in [0.4, 0.5) is 10.7 Å². The van der Waals surface area contributed by atoms with Gasteiger partial charge in [-0.3, -0.25) is 4.79 Å². The Morgan fingerprint density at radius 1 is 1.20 bits per heavy atom. The Bertz CT molecular complexity index is 795. The van der Waals surface area contributed by atoms with Crippen molar-refractivity contribution in [3.8, 4) is 0 Å². The van der Waals surface area contributed by atoms with Gasteiger partial charge in [0, 0.05) is 35.8 Å². The van der Waals surface area contributed by atoms with E-state index in [0.717, 1.165) is 31.1 Å². The van der Waals surface area contributed by atoms with Gasteiger partial charge in [0.2, 0.25) is 11.5 Å². The van der Waals surface area contributed by atoms with Gasteiger partial charge in [0.25, 0.3) is 0 Å². The molecule has 0 unspecified atom stereocenters. The van der Waals surface area contributed by atoms with E-state index in [1.807, 2.05) is 13.8 Å². The predicted octanol–water partition coefficient (Wildman–Crippen LogP) is 1.75. The van der Waals surface area contributed by atoms with Crippen molar-refractivity contribution in [2.75, 3.05) is 5.32 Å². The van der Waals surface area contributed by atoms with E-state index in [1.54, 1.807) is 12.3 Å². The highest BCUT2D eigenvalue weighted by Crippen LogP contribution is 2.21. The molecule has 2 amide bonds. The van der Waals surface area contributed by atoms with E-state index >= 15 is 0 Å². The van der Waals surface area contributed by atoms with Gasteiger partial charge in [-0.2, -0.15) is 4.98 Å². The highest BCUT2D eigenvalue weighted by Gasteiger charge is 2.23. The third-order valence-electron chi connectivity index (χ3n) is 4.29. The number of aromatic amines is 1. The van der Waals surface area contributed by atoms with Gasteiger partial charge in [0.05, 0.1) is 0 Å². The lowest BCUT2D eigenvalue weighted by Crippen LogP contribution is -2.46. The third-order valence-corrected chi connectivity index (χ3v) is 4.29. The molecule has 8 nitrogen and oxygen atoms in total. The maximum Gasteiger partial charge on any atom is 0.315 e. The normalized spacial score (nSPS) is 20.4. The largest absolute Gasteiger partial charge is 0.351 e. The molecule has 3 rings (SSSR count). The number of nitrogens with zero attached hydrogens (tertiary/aromatic N) is 2. The van der Waals surface area contributed by atoms with Crippen molar-refractivity contribution in [2.45, 2.75) is 57.7 Å². The van der Waals surface area contributed by atoms with Crippen molar-refractivity contribution in [1.29, 1.82) is 0 Å². The Morgan fingerprint density at radius 2 is 1.92 bits per heavy atom. The van der Waals surface area contributed by atoms with E-state index in [-0.39, 0.29) is 29.7 Å². The molecule has 0 radical (unpaired) electrons. The van der Waals surface area contributed by atoms with Crippen molar-refractivity contribution in [2.24, 2.45) is 0 Å². The van der Waals surface area contributed by atoms with Gasteiger partial charge in [0.15, 0.2) is 0 Å². The maximum atomic E-state index is 11.8. The number of hydrogen-bond acceptors (Lipinski definition) is 5. The van der Waals surface area contributed by atoms with Crippen LogP contribution in [0.5, 0.6) is 0 Å². The number of carbonyl (C=O) groups excluding carboxylic acids is 1. The van der Waals surface area contributed by atoms with Crippen LogP contribution in [0, 0.1) is 0 Å². The number of anilines is 1. The molecule has 8 heteroatoms. The number of aromatic nitrogens is 3. The number of urea groups is 1. The van der Waals surface area contributed by atoms with Crippen LogP contribution in [0.15, 0.2) is 23.1 Å². The molecule has 0 atom stereocenters. The van der Waals surface area contributed by atoms with E-state index in [9.17, 15) is 9.59 Å². The number of rotatable bonds is 4. The minimum atomic E-state index is -0.177. The van der Waals surface area contributed by atoms with E-state index < -0.39 is 0 Å². The first-order valence-electron chi connectivity index (χ1n) is 8.69. The second kappa shape index (κ2) is 7.50. The van der Waals surface area contributed by atoms with Gasteiger partial charge in [-0.1, -0.05) is 0 Å². The lowest BCUT2D eigenvalue weighted by molar-refractivity contribution is 0.229. The predicted molar refractivity (Wildman–Crippen MR) is 96.6 cm³/mol. The van der Waals surface area contributed by atoms with Gasteiger partial charge >= 0.3 is 6.03 Å². The first kappa shape index (κ1) is 17.2. The second-order valence-corrected chi connectivity index (χ2v) is 6.79. The fraction of sp³-hybridized carbons (Fsp3) is 0.529. The standard InChI is InChI=1S/C17H24N6O2/c1-10(2)19-17(25)21-13-6-4-12(5-7-13)20-16-18-9-11-3-8-14(24)22-15(11)23-16/h3,8-10,12-13H,4-7H2,1-2H3,(H2,19,21,25)(H2,18,20,22,23,24). The summed E-state index contributed by atoms with van der Waals surface area (Å²) in [5.41, 5.74) is 0.356. The summed E-state index contributed by atoms with van der Waals surface area (Å²) in [7, 11) is 0. The lowest BCUT2D eigenvalue weighted by Gasteiger charge is -2.29. The van der Waals surface area contributed by atoms with Gasteiger partial charge in [-0.05, 0) is 45.6 Å². The Morgan fingerprint density at radius 3 is 2.64 bits per heavy atom. The van der Waals surface area contributed by atoms with Crippen LogP contribution in [-0.2, 0) is 0 Å². The van der Waals surface area contributed by atoms with Crippen LogP contribution >= 0.6 is 0 Å². The molecule has 0 aromatic carbocycles. The van der Waals surface area contributed by atoms with Crippen molar-refractivity contribution in [3.05, 3.63) is 28.7 Å². The molecule has 2 aromatic rings. The lowest BCUT2D eigenvalue weighted by atomic mass is 9.91. The topological polar surface area (TPSA) is 112 Å². The molecular formula is C17H24N6O2. The molecule has 1 aliphatic rings. The van der Waals surface area contributed by atoms with E-state index in [2.05, 4.69) is 30.9 Å². The molecule has 25 heavy (non-hydrogen) atoms. The van der Waals surface area contributed by atoms with E-state index in [0.29, 0.717) is 11.6 Å². The highest BCUT2D eigenvalue weighted by atomic mass is 16.2. The van der Waals surface area contributed by atoms with Gasteiger partial charge in [-0.15, -0.1) is 0 Å². The maximum absolute atomic E-state index is 11.8. The van der Waals surface area contributed by atoms with Crippen LogP contribution in [0.2, 0.25) is 0 Å². The SMILES string of the molecule is CC(C)NC(=O)NC1CCC(Nc2ncc3ccc(=O)[nH]c3n2)CC1. The number of hydrogen-bond donors (Lipinski definition) is 4. The molecule has 2 heterocycles. The van der Waals surface area contributed by atoms with Crippen LogP contribution in [-0.4, -0.2) is 39.1 Å². The zero-order valence-electron chi connectivity index (χ0n) is 14.5. The average molecular weight is 344 g/mol. The first-order chi connectivity index (χ1) is 12.0. The molecule has 134 valence electrons. The summed E-state index contributed by atoms with van der Waals surface area (Å²) in [5, 5.41) is 9.99. The van der Waals surface area contributed by atoms with Gasteiger partial charge in [0.1, 0.15) is 5.65 Å². The first-order valence-corrected chi connectivity index (χ1v) is 8.69. The van der Waals surface area contributed by atoms with Crippen molar-refractivity contribution >= 4 is 23.0 Å². The molecule has 0 spiro atoms. The van der Waals surface area contributed by atoms with Crippen LogP contribution in [0.25, 0.3) is 11.0 Å². The Labute approximate surface area is 145 Å². The summed E-state index contributed by atoms with van der Waals surface area (Å²) in [6, 6.07) is 3.66.